The highest BCUT2D eigenvalue weighted by atomic mass is 32.2. The molecule has 0 heterocycles. The molecule has 0 aromatic heterocycles. The van der Waals surface area contributed by atoms with Crippen LogP contribution >= 0.6 is 11.8 Å². The van der Waals surface area contributed by atoms with E-state index >= 15 is 0 Å². The molecule has 0 fully saturated rings. The van der Waals surface area contributed by atoms with Gasteiger partial charge in [0.25, 0.3) is 0 Å². The van der Waals surface area contributed by atoms with E-state index in [-0.39, 0.29) is 29.3 Å². The van der Waals surface area contributed by atoms with Gasteiger partial charge in [-0.3, -0.25) is 9.59 Å². The second-order valence-electron chi connectivity index (χ2n) is 5.58. The highest BCUT2D eigenvalue weighted by Gasteiger charge is 2.14. The summed E-state index contributed by atoms with van der Waals surface area (Å²) in [5, 5.41) is 2.93. The average Bonchev–Trinajstić information content (AvgIpc) is 2.66. The monoisotopic (exact) mass is 357 g/mol. The second-order valence-corrected chi connectivity index (χ2v) is 6.57. The van der Waals surface area contributed by atoms with Crippen LogP contribution in [0.1, 0.15) is 23.5 Å². The number of ether oxygens (including phenoxy) is 1. The topological polar surface area (TPSA) is 55.4 Å². The van der Waals surface area contributed by atoms with Crippen LogP contribution in [-0.2, 0) is 14.3 Å². The first-order valence-corrected chi connectivity index (χ1v) is 9.37. The highest BCUT2D eigenvalue weighted by molar-refractivity contribution is 8.00. The maximum Gasteiger partial charge on any atom is 0.315 e. The van der Waals surface area contributed by atoms with Crippen LogP contribution in [0.4, 0.5) is 0 Å². The lowest BCUT2D eigenvalue weighted by molar-refractivity contribution is -0.137. The Morgan fingerprint density at radius 3 is 2.04 bits per heavy atom. The van der Waals surface area contributed by atoms with Gasteiger partial charge in [0.2, 0.25) is 5.91 Å². The van der Waals surface area contributed by atoms with Crippen molar-refractivity contribution in [2.24, 2.45) is 0 Å². The molecule has 0 aliphatic carbocycles. The minimum Gasteiger partial charge on any atom is -0.468 e. The maximum absolute atomic E-state index is 11.9. The van der Waals surface area contributed by atoms with Crippen LogP contribution in [0.3, 0.4) is 0 Å². The molecular formula is C20H23NO3S. The van der Waals surface area contributed by atoms with Crippen molar-refractivity contribution in [2.75, 3.05) is 25.2 Å². The van der Waals surface area contributed by atoms with E-state index in [2.05, 4.69) is 34.3 Å². The molecule has 0 unspecified atom stereocenters. The van der Waals surface area contributed by atoms with Gasteiger partial charge in [0, 0.05) is 12.5 Å². The maximum atomic E-state index is 11.9. The van der Waals surface area contributed by atoms with Crippen molar-refractivity contribution in [3.8, 4) is 0 Å². The van der Waals surface area contributed by atoms with Crippen molar-refractivity contribution in [2.45, 2.75) is 12.3 Å². The Labute approximate surface area is 153 Å². The summed E-state index contributed by atoms with van der Waals surface area (Å²) in [6.07, 6.45) is 0.821. The fraction of sp³-hybridized carbons (Fsp3) is 0.300. The van der Waals surface area contributed by atoms with E-state index in [1.165, 1.54) is 30.0 Å². The Morgan fingerprint density at radius 2 is 1.52 bits per heavy atom. The van der Waals surface area contributed by atoms with Crippen LogP contribution in [-0.4, -0.2) is 37.0 Å². The number of thioether (sulfide) groups is 1. The van der Waals surface area contributed by atoms with Crippen LogP contribution in [0, 0.1) is 0 Å². The van der Waals surface area contributed by atoms with Gasteiger partial charge in [0.15, 0.2) is 0 Å². The summed E-state index contributed by atoms with van der Waals surface area (Å²) in [6.45, 7) is 0.589. The first-order chi connectivity index (χ1) is 12.2. The van der Waals surface area contributed by atoms with Gasteiger partial charge in [0.05, 0.1) is 18.6 Å². The number of hydrogen-bond acceptors (Lipinski definition) is 4. The van der Waals surface area contributed by atoms with E-state index in [0.717, 1.165) is 6.42 Å². The lowest BCUT2D eigenvalue weighted by Crippen LogP contribution is -2.27. The van der Waals surface area contributed by atoms with E-state index in [0.29, 0.717) is 6.54 Å². The van der Waals surface area contributed by atoms with Crippen molar-refractivity contribution >= 4 is 23.6 Å². The molecule has 0 aliphatic heterocycles. The Bertz CT molecular complexity index is 622. The largest absolute Gasteiger partial charge is 0.468 e. The van der Waals surface area contributed by atoms with Crippen LogP contribution in [0.25, 0.3) is 0 Å². The van der Waals surface area contributed by atoms with Crippen LogP contribution in [0.5, 0.6) is 0 Å². The van der Waals surface area contributed by atoms with Crippen LogP contribution in [0.2, 0.25) is 0 Å². The summed E-state index contributed by atoms with van der Waals surface area (Å²) in [7, 11) is 1.34. The molecular weight excluding hydrogens is 334 g/mol. The molecule has 0 spiro atoms. The minimum absolute atomic E-state index is 0.0613. The Balaban J connectivity index is 1.86. The number of carbonyl (C=O) groups excluding carboxylic acids is 2. The van der Waals surface area contributed by atoms with Gasteiger partial charge in [-0.25, -0.2) is 0 Å². The number of methoxy groups -OCH3 is 1. The molecule has 0 atom stereocenters. The summed E-state index contributed by atoms with van der Waals surface area (Å²) in [5.41, 5.74) is 2.48. The van der Waals surface area contributed by atoms with E-state index in [1.54, 1.807) is 0 Å². The lowest BCUT2D eigenvalue weighted by Gasteiger charge is -2.18. The fourth-order valence-corrected chi connectivity index (χ4v) is 3.26. The van der Waals surface area contributed by atoms with Gasteiger partial charge < -0.3 is 10.1 Å². The fourth-order valence-electron chi connectivity index (χ4n) is 2.59. The van der Waals surface area contributed by atoms with Crippen molar-refractivity contribution in [3.05, 3.63) is 71.8 Å². The predicted octanol–water partition coefficient (Wildman–Crippen LogP) is 3.23. The summed E-state index contributed by atoms with van der Waals surface area (Å²) < 4.78 is 4.55. The highest BCUT2D eigenvalue weighted by Crippen LogP contribution is 2.27. The Morgan fingerprint density at radius 1 is 0.960 bits per heavy atom. The molecule has 2 aromatic rings. The van der Waals surface area contributed by atoms with Gasteiger partial charge in [-0.1, -0.05) is 60.7 Å². The quantitative estimate of drug-likeness (QED) is 0.700. The molecule has 1 amide bonds. The molecule has 0 aliphatic rings. The molecule has 1 N–H and O–H groups in total. The zero-order chi connectivity index (χ0) is 17.9. The van der Waals surface area contributed by atoms with Gasteiger partial charge >= 0.3 is 5.97 Å². The standard InChI is InChI=1S/C20H23NO3S/c1-24-20(23)15-25-14-19(22)21-13-12-18(16-8-4-2-5-9-16)17-10-6-3-7-11-17/h2-11,18H,12-15H2,1H3,(H,21,22). The normalized spacial score (nSPS) is 10.5. The molecule has 0 saturated heterocycles. The van der Waals surface area contributed by atoms with Crippen LogP contribution in [0.15, 0.2) is 60.7 Å². The third-order valence-electron chi connectivity index (χ3n) is 3.84. The number of hydrogen-bond donors (Lipinski definition) is 1. The summed E-state index contributed by atoms with van der Waals surface area (Å²) in [4.78, 5) is 22.9. The SMILES string of the molecule is COC(=O)CSCC(=O)NCCC(c1ccccc1)c1ccccc1. The van der Waals surface area contributed by atoms with Gasteiger partial charge in [-0.2, -0.15) is 0 Å². The molecule has 4 nitrogen and oxygen atoms in total. The molecule has 0 bridgehead atoms. The first kappa shape index (κ1) is 19.1. The molecule has 5 heteroatoms. The second kappa shape index (κ2) is 10.6. The first-order valence-electron chi connectivity index (χ1n) is 8.22. The number of carbonyl (C=O) groups is 2. The van der Waals surface area contributed by atoms with Crippen molar-refractivity contribution in [1.82, 2.24) is 5.32 Å². The third kappa shape index (κ3) is 6.63. The molecule has 2 rings (SSSR count). The van der Waals surface area contributed by atoms with Gasteiger partial charge in [0.1, 0.15) is 0 Å². The van der Waals surface area contributed by atoms with Crippen LogP contribution < -0.4 is 5.32 Å². The summed E-state index contributed by atoms with van der Waals surface area (Å²) in [5.74, 6) is 0.321. The lowest BCUT2D eigenvalue weighted by atomic mass is 9.88. The zero-order valence-corrected chi connectivity index (χ0v) is 15.1. The van der Waals surface area contributed by atoms with Crippen molar-refractivity contribution < 1.29 is 14.3 Å². The van der Waals surface area contributed by atoms with E-state index in [9.17, 15) is 9.59 Å². The van der Waals surface area contributed by atoms with Crippen molar-refractivity contribution in [3.63, 3.8) is 0 Å². The third-order valence-corrected chi connectivity index (χ3v) is 4.75. The number of esters is 1. The zero-order valence-electron chi connectivity index (χ0n) is 14.3. The van der Waals surface area contributed by atoms with E-state index in [1.807, 2.05) is 36.4 Å². The molecule has 2 aromatic carbocycles. The number of amides is 1. The molecule has 132 valence electrons. The number of benzene rings is 2. The minimum atomic E-state index is -0.314. The average molecular weight is 357 g/mol. The Kier molecular flexibility index (Phi) is 8.05. The van der Waals surface area contributed by atoms with Crippen molar-refractivity contribution in [1.29, 1.82) is 0 Å². The van der Waals surface area contributed by atoms with E-state index < -0.39 is 0 Å². The number of nitrogens with one attached hydrogen (secondary N) is 1. The van der Waals surface area contributed by atoms with Gasteiger partial charge in [-0.05, 0) is 17.5 Å². The smallest absolute Gasteiger partial charge is 0.315 e. The number of rotatable bonds is 9. The molecule has 0 radical (unpaired) electrons. The summed E-state index contributed by atoms with van der Waals surface area (Å²) in [6, 6.07) is 20.6. The molecule has 0 saturated carbocycles. The Hall–Kier alpha value is -2.27. The predicted molar refractivity (Wildman–Crippen MR) is 102 cm³/mol. The van der Waals surface area contributed by atoms with E-state index in [4.69, 9.17) is 0 Å². The molecule has 25 heavy (non-hydrogen) atoms. The van der Waals surface area contributed by atoms with Gasteiger partial charge in [-0.15, -0.1) is 11.8 Å². The summed E-state index contributed by atoms with van der Waals surface area (Å²) >= 11 is 1.26.